The van der Waals surface area contributed by atoms with Crippen LogP contribution in [-0.2, 0) is 11.3 Å². The lowest BCUT2D eigenvalue weighted by atomic mass is 10.1. The number of aryl methyl sites for hydroxylation is 2. The van der Waals surface area contributed by atoms with Crippen LogP contribution in [0.1, 0.15) is 41.9 Å². The van der Waals surface area contributed by atoms with Gasteiger partial charge in [-0.25, -0.2) is 9.67 Å². The van der Waals surface area contributed by atoms with Crippen LogP contribution in [0.4, 0.5) is 5.95 Å². The number of aromatic nitrogens is 5. The van der Waals surface area contributed by atoms with E-state index in [2.05, 4.69) is 26.6 Å². The number of nitrogens with zero attached hydrogens (tertiary/aromatic N) is 5. The molecule has 0 saturated heterocycles. The van der Waals surface area contributed by atoms with Crippen LogP contribution in [0.25, 0.3) is 0 Å². The number of carbonyl (C=O) groups excluding carboxylic acids is 1. The molecule has 142 valence electrons. The van der Waals surface area contributed by atoms with Crippen molar-refractivity contribution in [1.82, 2.24) is 24.5 Å². The number of anilines is 1. The summed E-state index contributed by atoms with van der Waals surface area (Å²) in [4.78, 5) is 16.9. The first kappa shape index (κ1) is 19.1. The number of benzene rings is 1. The van der Waals surface area contributed by atoms with E-state index in [1.54, 1.807) is 15.7 Å². The SMILES string of the molecule is CCC(C(=O)Nc1ncn(Cc2cccc(C)c2)n1)n1nc(C)c(Cl)c1C. The lowest BCUT2D eigenvalue weighted by molar-refractivity contribution is -0.119. The molecule has 1 atom stereocenters. The molecule has 0 bridgehead atoms. The zero-order valence-corrected chi connectivity index (χ0v) is 16.7. The van der Waals surface area contributed by atoms with Crippen molar-refractivity contribution in [3.8, 4) is 0 Å². The van der Waals surface area contributed by atoms with Gasteiger partial charge in [0.1, 0.15) is 12.4 Å². The first-order chi connectivity index (χ1) is 12.9. The highest BCUT2D eigenvalue weighted by atomic mass is 35.5. The van der Waals surface area contributed by atoms with Crippen LogP contribution in [0.5, 0.6) is 0 Å². The van der Waals surface area contributed by atoms with Gasteiger partial charge in [-0.15, -0.1) is 5.10 Å². The second-order valence-electron chi connectivity index (χ2n) is 6.60. The number of hydrogen-bond donors (Lipinski definition) is 1. The molecule has 0 aliphatic rings. The van der Waals surface area contributed by atoms with Crippen molar-refractivity contribution in [3.05, 3.63) is 58.1 Å². The zero-order chi connectivity index (χ0) is 19.6. The van der Waals surface area contributed by atoms with Crippen molar-refractivity contribution in [2.24, 2.45) is 0 Å². The number of nitrogens with one attached hydrogen (secondary N) is 1. The molecule has 0 spiro atoms. The van der Waals surface area contributed by atoms with Gasteiger partial charge in [0.05, 0.1) is 23.0 Å². The van der Waals surface area contributed by atoms with Gasteiger partial charge in [0, 0.05) is 0 Å². The quantitative estimate of drug-likeness (QED) is 0.700. The van der Waals surface area contributed by atoms with Gasteiger partial charge in [-0.1, -0.05) is 48.4 Å². The highest BCUT2D eigenvalue weighted by Crippen LogP contribution is 2.24. The van der Waals surface area contributed by atoms with E-state index in [0.29, 0.717) is 23.7 Å². The number of amides is 1. The van der Waals surface area contributed by atoms with Crippen molar-refractivity contribution >= 4 is 23.5 Å². The minimum Gasteiger partial charge on any atom is -0.291 e. The average Bonchev–Trinajstić information content (AvgIpc) is 3.16. The van der Waals surface area contributed by atoms with E-state index in [0.717, 1.165) is 11.3 Å². The molecule has 1 N–H and O–H groups in total. The third-order valence-corrected chi connectivity index (χ3v) is 4.97. The fourth-order valence-corrected chi connectivity index (χ4v) is 3.16. The van der Waals surface area contributed by atoms with Gasteiger partial charge in [-0.05, 0) is 32.8 Å². The minimum atomic E-state index is -0.472. The predicted octanol–water partition coefficient (Wildman–Crippen LogP) is 3.69. The molecule has 1 amide bonds. The molecule has 3 rings (SSSR count). The van der Waals surface area contributed by atoms with Crippen LogP contribution < -0.4 is 5.32 Å². The summed E-state index contributed by atoms with van der Waals surface area (Å²) in [6.07, 6.45) is 2.19. The lowest BCUT2D eigenvalue weighted by Crippen LogP contribution is -2.27. The molecular formula is C19H23ClN6O. The van der Waals surface area contributed by atoms with Crippen LogP contribution in [0, 0.1) is 20.8 Å². The molecule has 1 aromatic carbocycles. The normalized spacial score (nSPS) is 12.2. The summed E-state index contributed by atoms with van der Waals surface area (Å²) in [5.41, 5.74) is 3.80. The molecule has 3 aromatic rings. The summed E-state index contributed by atoms with van der Waals surface area (Å²) >= 11 is 6.21. The van der Waals surface area contributed by atoms with E-state index in [-0.39, 0.29) is 11.9 Å². The van der Waals surface area contributed by atoms with Crippen molar-refractivity contribution in [3.63, 3.8) is 0 Å². The molecule has 0 fully saturated rings. The maximum absolute atomic E-state index is 12.7. The first-order valence-corrected chi connectivity index (χ1v) is 9.24. The Morgan fingerprint density at radius 3 is 2.67 bits per heavy atom. The molecule has 27 heavy (non-hydrogen) atoms. The van der Waals surface area contributed by atoms with Crippen molar-refractivity contribution < 1.29 is 4.79 Å². The molecule has 0 aliphatic carbocycles. The van der Waals surface area contributed by atoms with Crippen LogP contribution >= 0.6 is 11.6 Å². The Kier molecular flexibility index (Phi) is 5.60. The minimum absolute atomic E-state index is 0.215. The average molecular weight is 387 g/mol. The monoisotopic (exact) mass is 386 g/mol. The van der Waals surface area contributed by atoms with E-state index >= 15 is 0 Å². The lowest BCUT2D eigenvalue weighted by Gasteiger charge is -2.16. The highest BCUT2D eigenvalue weighted by molar-refractivity contribution is 6.31. The van der Waals surface area contributed by atoms with Gasteiger partial charge in [-0.2, -0.15) is 5.10 Å². The third kappa shape index (κ3) is 4.19. The molecule has 0 radical (unpaired) electrons. The predicted molar refractivity (Wildman–Crippen MR) is 105 cm³/mol. The summed E-state index contributed by atoms with van der Waals surface area (Å²) in [6, 6.07) is 7.72. The molecule has 2 heterocycles. The first-order valence-electron chi connectivity index (χ1n) is 8.86. The summed E-state index contributed by atoms with van der Waals surface area (Å²) in [5, 5.41) is 12.1. The van der Waals surface area contributed by atoms with Gasteiger partial charge >= 0.3 is 0 Å². The van der Waals surface area contributed by atoms with Gasteiger partial charge in [-0.3, -0.25) is 14.8 Å². The maximum atomic E-state index is 12.7. The Balaban J connectivity index is 1.72. The summed E-state index contributed by atoms with van der Waals surface area (Å²) < 4.78 is 3.36. The van der Waals surface area contributed by atoms with E-state index in [1.165, 1.54) is 5.56 Å². The fourth-order valence-electron chi connectivity index (χ4n) is 3.03. The van der Waals surface area contributed by atoms with Gasteiger partial charge in [0.25, 0.3) is 5.91 Å². The topological polar surface area (TPSA) is 77.6 Å². The van der Waals surface area contributed by atoms with E-state index < -0.39 is 6.04 Å². The zero-order valence-electron chi connectivity index (χ0n) is 15.9. The van der Waals surface area contributed by atoms with Crippen LogP contribution in [0.2, 0.25) is 5.02 Å². The number of rotatable bonds is 6. The van der Waals surface area contributed by atoms with Crippen LogP contribution in [0.15, 0.2) is 30.6 Å². The second-order valence-corrected chi connectivity index (χ2v) is 6.98. The van der Waals surface area contributed by atoms with Crippen molar-refractivity contribution in [2.75, 3.05) is 5.32 Å². The van der Waals surface area contributed by atoms with Crippen molar-refractivity contribution in [1.29, 1.82) is 0 Å². The largest absolute Gasteiger partial charge is 0.291 e. The third-order valence-electron chi connectivity index (χ3n) is 4.42. The van der Waals surface area contributed by atoms with Crippen molar-refractivity contribution in [2.45, 2.75) is 46.7 Å². The van der Waals surface area contributed by atoms with Crippen LogP contribution in [0.3, 0.4) is 0 Å². The van der Waals surface area contributed by atoms with Gasteiger partial charge in [0.15, 0.2) is 0 Å². The fraction of sp³-hybridized carbons (Fsp3) is 0.368. The molecule has 7 nitrogen and oxygen atoms in total. The second kappa shape index (κ2) is 7.92. The van der Waals surface area contributed by atoms with Gasteiger partial charge < -0.3 is 0 Å². The standard InChI is InChI=1S/C19H23ClN6O/c1-5-16(26-14(4)17(20)13(3)23-26)18(27)22-19-21-11-25(24-19)10-15-8-6-7-12(2)9-15/h6-9,11,16H,5,10H2,1-4H3,(H,22,24,27). The summed E-state index contributed by atoms with van der Waals surface area (Å²) in [6.45, 7) is 8.25. The van der Waals surface area contributed by atoms with Crippen LogP contribution in [-0.4, -0.2) is 30.5 Å². The molecule has 1 unspecified atom stereocenters. The molecule has 8 heteroatoms. The Morgan fingerprint density at radius 1 is 1.26 bits per heavy atom. The summed E-state index contributed by atoms with van der Waals surface area (Å²) in [7, 11) is 0. The maximum Gasteiger partial charge on any atom is 0.251 e. The Labute approximate surface area is 163 Å². The number of hydrogen-bond acceptors (Lipinski definition) is 4. The Hall–Kier alpha value is -2.67. The smallest absolute Gasteiger partial charge is 0.251 e. The number of carbonyl (C=O) groups is 1. The van der Waals surface area contributed by atoms with E-state index in [4.69, 9.17) is 11.6 Å². The highest BCUT2D eigenvalue weighted by Gasteiger charge is 2.24. The van der Waals surface area contributed by atoms with E-state index in [9.17, 15) is 4.79 Å². The molecule has 2 aromatic heterocycles. The number of halogens is 1. The molecular weight excluding hydrogens is 364 g/mol. The van der Waals surface area contributed by atoms with E-state index in [1.807, 2.05) is 45.9 Å². The van der Waals surface area contributed by atoms with Gasteiger partial charge in [0.2, 0.25) is 5.95 Å². The summed E-state index contributed by atoms with van der Waals surface area (Å²) in [5.74, 6) is 0.0619. The Bertz CT molecular complexity index is 961. The Morgan fingerprint density at radius 2 is 2.04 bits per heavy atom. The molecule has 0 saturated carbocycles. The molecule has 0 aliphatic heterocycles.